The standard InChI is InChI=1S/C14H10FN3/c15-14-11(12-5-1-2-7-17-12)4-3-6-13(14)18-9-8-16-10-18/h1-10H. The van der Waals surface area contributed by atoms with Crippen LogP contribution in [0.5, 0.6) is 0 Å². The molecule has 0 aliphatic rings. The number of hydrogen-bond acceptors (Lipinski definition) is 2. The summed E-state index contributed by atoms with van der Waals surface area (Å²) in [4.78, 5) is 8.09. The van der Waals surface area contributed by atoms with Gasteiger partial charge in [0.05, 0.1) is 17.7 Å². The summed E-state index contributed by atoms with van der Waals surface area (Å²) >= 11 is 0. The first-order valence-corrected chi connectivity index (χ1v) is 5.54. The third-order valence-corrected chi connectivity index (χ3v) is 2.70. The van der Waals surface area contributed by atoms with Gasteiger partial charge in [0.2, 0.25) is 0 Å². The Morgan fingerprint density at radius 3 is 2.67 bits per heavy atom. The maximum Gasteiger partial charge on any atom is 0.156 e. The molecule has 2 heterocycles. The van der Waals surface area contributed by atoms with Crippen LogP contribution in [0.3, 0.4) is 0 Å². The Balaban J connectivity index is 2.16. The van der Waals surface area contributed by atoms with Crippen LogP contribution in [0, 0.1) is 5.82 Å². The van der Waals surface area contributed by atoms with Crippen LogP contribution in [0.1, 0.15) is 0 Å². The van der Waals surface area contributed by atoms with Crippen LogP contribution < -0.4 is 0 Å². The second-order valence-electron chi connectivity index (χ2n) is 3.82. The molecule has 3 rings (SSSR count). The molecule has 0 radical (unpaired) electrons. The highest BCUT2D eigenvalue weighted by atomic mass is 19.1. The molecule has 4 heteroatoms. The number of nitrogens with zero attached hydrogens (tertiary/aromatic N) is 3. The third-order valence-electron chi connectivity index (χ3n) is 2.70. The number of rotatable bonds is 2. The van der Waals surface area contributed by atoms with E-state index in [1.165, 1.54) is 0 Å². The molecule has 2 aromatic heterocycles. The molecule has 0 aliphatic heterocycles. The van der Waals surface area contributed by atoms with Crippen LogP contribution in [-0.2, 0) is 0 Å². The molecule has 88 valence electrons. The van der Waals surface area contributed by atoms with Crippen LogP contribution in [0.25, 0.3) is 16.9 Å². The van der Waals surface area contributed by atoms with Crippen molar-refractivity contribution in [3.05, 3.63) is 67.1 Å². The van der Waals surface area contributed by atoms with Crippen LogP contribution >= 0.6 is 0 Å². The summed E-state index contributed by atoms with van der Waals surface area (Å²) in [5.41, 5.74) is 1.58. The van der Waals surface area contributed by atoms with E-state index in [1.54, 1.807) is 53.8 Å². The smallest absolute Gasteiger partial charge is 0.156 e. The fraction of sp³-hybridized carbons (Fsp3) is 0. The lowest BCUT2D eigenvalue weighted by Gasteiger charge is -2.08. The minimum atomic E-state index is -0.297. The molecule has 0 saturated carbocycles. The van der Waals surface area contributed by atoms with Crippen molar-refractivity contribution >= 4 is 0 Å². The van der Waals surface area contributed by atoms with Crippen LogP contribution in [0.15, 0.2) is 61.3 Å². The molecular weight excluding hydrogens is 229 g/mol. The first-order valence-electron chi connectivity index (χ1n) is 5.54. The largest absolute Gasteiger partial charge is 0.303 e. The Labute approximate surface area is 104 Å². The van der Waals surface area contributed by atoms with Gasteiger partial charge in [-0.1, -0.05) is 12.1 Å². The summed E-state index contributed by atoms with van der Waals surface area (Å²) in [5, 5.41) is 0. The number of imidazole rings is 1. The first-order chi connectivity index (χ1) is 8.86. The molecule has 0 spiro atoms. The molecule has 0 saturated heterocycles. The molecule has 0 N–H and O–H groups in total. The molecular formula is C14H10FN3. The summed E-state index contributed by atoms with van der Waals surface area (Å²) in [6.45, 7) is 0. The van der Waals surface area contributed by atoms with Crippen molar-refractivity contribution in [2.24, 2.45) is 0 Å². The van der Waals surface area contributed by atoms with Crippen molar-refractivity contribution in [1.82, 2.24) is 14.5 Å². The van der Waals surface area contributed by atoms with E-state index >= 15 is 0 Å². The van der Waals surface area contributed by atoms with Gasteiger partial charge in [0.25, 0.3) is 0 Å². The van der Waals surface area contributed by atoms with Gasteiger partial charge in [-0.15, -0.1) is 0 Å². The van der Waals surface area contributed by atoms with Crippen LogP contribution in [-0.4, -0.2) is 14.5 Å². The lowest BCUT2D eigenvalue weighted by atomic mass is 10.1. The van der Waals surface area contributed by atoms with E-state index in [0.29, 0.717) is 16.9 Å². The lowest BCUT2D eigenvalue weighted by Crippen LogP contribution is -1.97. The predicted molar refractivity (Wildman–Crippen MR) is 66.8 cm³/mol. The number of pyridine rings is 1. The zero-order chi connectivity index (χ0) is 12.4. The van der Waals surface area contributed by atoms with Crippen LogP contribution in [0.4, 0.5) is 4.39 Å². The quantitative estimate of drug-likeness (QED) is 0.688. The van der Waals surface area contributed by atoms with E-state index in [-0.39, 0.29) is 5.82 Å². The molecule has 0 fully saturated rings. The molecule has 3 aromatic rings. The summed E-state index contributed by atoms with van der Waals surface area (Å²) in [7, 11) is 0. The van der Waals surface area contributed by atoms with Crippen molar-refractivity contribution in [2.75, 3.05) is 0 Å². The van der Waals surface area contributed by atoms with Crippen LogP contribution in [0.2, 0.25) is 0 Å². The Hall–Kier alpha value is -2.49. The Kier molecular flexibility index (Phi) is 2.61. The Bertz CT molecular complexity index is 648. The Morgan fingerprint density at radius 2 is 1.94 bits per heavy atom. The highest BCUT2D eigenvalue weighted by Crippen LogP contribution is 2.24. The van der Waals surface area contributed by atoms with E-state index in [2.05, 4.69) is 9.97 Å². The van der Waals surface area contributed by atoms with Crippen molar-refractivity contribution in [1.29, 1.82) is 0 Å². The summed E-state index contributed by atoms with van der Waals surface area (Å²) in [6.07, 6.45) is 6.55. The number of aromatic nitrogens is 3. The molecule has 1 aromatic carbocycles. The fourth-order valence-electron chi connectivity index (χ4n) is 1.84. The zero-order valence-electron chi connectivity index (χ0n) is 9.49. The molecule has 0 atom stereocenters. The van der Waals surface area contributed by atoms with Crippen molar-refractivity contribution in [2.45, 2.75) is 0 Å². The second-order valence-corrected chi connectivity index (χ2v) is 3.82. The van der Waals surface area contributed by atoms with Gasteiger partial charge < -0.3 is 4.57 Å². The molecule has 3 nitrogen and oxygen atoms in total. The first kappa shape index (κ1) is 10.7. The van der Waals surface area contributed by atoms with Crippen molar-refractivity contribution in [3.8, 4) is 16.9 Å². The minimum Gasteiger partial charge on any atom is -0.303 e. The van der Waals surface area contributed by atoms with E-state index < -0.39 is 0 Å². The Morgan fingerprint density at radius 1 is 1.00 bits per heavy atom. The maximum atomic E-state index is 14.4. The van der Waals surface area contributed by atoms with Gasteiger partial charge in [0.15, 0.2) is 5.82 Å². The second kappa shape index (κ2) is 4.41. The SMILES string of the molecule is Fc1c(-c2ccccn2)cccc1-n1ccnc1. The monoisotopic (exact) mass is 239 g/mol. The van der Waals surface area contributed by atoms with Gasteiger partial charge in [-0.2, -0.15) is 0 Å². The van der Waals surface area contributed by atoms with Gasteiger partial charge in [0, 0.05) is 24.2 Å². The summed E-state index contributed by atoms with van der Waals surface area (Å²) < 4.78 is 16.1. The van der Waals surface area contributed by atoms with E-state index in [4.69, 9.17) is 0 Å². The summed E-state index contributed by atoms with van der Waals surface area (Å²) in [5.74, 6) is -0.297. The number of hydrogen-bond donors (Lipinski definition) is 0. The topological polar surface area (TPSA) is 30.7 Å². The molecule has 0 amide bonds. The average Bonchev–Trinajstić information content (AvgIpc) is 2.94. The molecule has 18 heavy (non-hydrogen) atoms. The fourth-order valence-corrected chi connectivity index (χ4v) is 1.84. The normalized spacial score (nSPS) is 10.5. The van der Waals surface area contributed by atoms with E-state index in [9.17, 15) is 4.39 Å². The van der Waals surface area contributed by atoms with Gasteiger partial charge in [-0.25, -0.2) is 9.37 Å². The maximum absolute atomic E-state index is 14.4. The van der Waals surface area contributed by atoms with E-state index in [1.807, 2.05) is 12.1 Å². The molecule has 0 bridgehead atoms. The third kappa shape index (κ3) is 1.78. The predicted octanol–water partition coefficient (Wildman–Crippen LogP) is 3.07. The highest BCUT2D eigenvalue weighted by Gasteiger charge is 2.11. The van der Waals surface area contributed by atoms with Gasteiger partial charge >= 0.3 is 0 Å². The number of halogens is 1. The minimum absolute atomic E-state index is 0.297. The molecule has 0 unspecified atom stereocenters. The zero-order valence-corrected chi connectivity index (χ0v) is 9.49. The van der Waals surface area contributed by atoms with Gasteiger partial charge in [0.1, 0.15) is 0 Å². The highest BCUT2D eigenvalue weighted by molar-refractivity contribution is 5.63. The molecule has 0 aliphatic carbocycles. The van der Waals surface area contributed by atoms with E-state index in [0.717, 1.165) is 0 Å². The van der Waals surface area contributed by atoms with Crippen molar-refractivity contribution in [3.63, 3.8) is 0 Å². The van der Waals surface area contributed by atoms with Crippen molar-refractivity contribution < 1.29 is 4.39 Å². The lowest BCUT2D eigenvalue weighted by molar-refractivity contribution is 0.621. The number of benzene rings is 1. The summed E-state index contributed by atoms with van der Waals surface area (Å²) in [6, 6.07) is 10.7. The average molecular weight is 239 g/mol. The van der Waals surface area contributed by atoms with Gasteiger partial charge in [-0.3, -0.25) is 4.98 Å². The van der Waals surface area contributed by atoms with Gasteiger partial charge in [-0.05, 0) is 24.3 Å².